The number of hydrogen-bond donors (Lipinski definition) is 2. The van der Waals surface area contributed by atoms with Gasteiger partial charge in [-0.15, -0.1) is 0 Å². The number of likely N-dealkylation sites (tertiary alicyclic amines) is 1. The quantitative estimate of drug-likeness (QED) is 0.528. The number of methoxy groups -OCH3 is 1. The molecule has 9 nitrogen and oxygen atoms in total. The third-order valence-electron chi connectivity index (χ3n) is 9.59. The normalized spacial score (nSPS) is 28.8. The minimum atomic E-state index is -4.51. The maximum Gasteiger partial charge on any atom is 0.417 e. The Kier molecular flexibility index (Phi) is 8.36. The average molecular weight is 602 g/mol. The van der Waals surface area contributed by atoms with Crippen molar-refractivity contribution in [3.05, 3.63) is 65.0 Å². The molecular formula is C31H38F3N5O4. The first-order chi connectivity index (χ1) is 20.7. The van der Waals surface area contributed by atoms with Crippen molar-refractivity contribution in [1.82, 2.24) is 25.4 Å². The van der Waals surface area contributed by atoms with Gasteiger partial charge in [-0.25, -0.2) is 4.79 Å². The van der Waals surface area contributed by atoms with Gasteiger partial charge in [0, 0.05) is 76.8 Å². The van der Waals surface area contributed by atoms with Crippen LogP contribution < -0.4 is 10.6 Å². The zero-order chi connectivity index (χ0) is 30.2. The molecule has 3 amide bonds. The number of fused-ring (bicyclic) bond motifs is 2. The summed E-state index contributed by atoms with van der Waals surface area (Å²) in [6.45, 7) is 2.67. The van der Waals surface area contributed by atoms with E-state index in [1.165, 1.54) is 0 Å². The molecule has 5 atom stereocenters. The first-order valence-electron chi connectivity index (χ1n) is 14.9. The molecule has 0 bridgehead atoms. The molecule has 0 spiro atoms. The van der Waals surface area contributed by atoms with Crippen molar-refractivity contribution in [2.45, 2.75) is 63.1 Å². The molecule has 1 aromatic carbocycles. The number of amides is 3. The Morgan fingerprint density at radius 1 is 1.21 bits per heavy atom. The van der Waals surface area contributed by atoms with Crippen LogP contribution in [0.25, 0.3) is 0 Å². The lowest BCUT2D eigenvalue weighted by Crippen LogP contribution is -2.52. The fourth-order valence-electron chi connectivity index (χ4n) is 7.38. The Bertz CT molecular complexity index is 1330. The van der Waals surface area contributed by atoms with Crippen molar-refractivity contribution in [3.63, 3.8) is 0 Å². The summed E-state index contributed by atoms with van der Waals surface area (Å²) in [4.78, 5) is 35.2. The lowest BCUT2D eigenvalue weighted by Gasteiger charge is -2.37. The molecule has 3 fully saturated rings. The molecule has 4 aliphatic rings. The Morgan fingerprint density at radius 2 is 2.02 bits per heavy atom. The highest BCUT2D eigenvalue weighted by atomic mass is 19.4. The van der Waals surface area contributed by atoms with Gasteiger partial charge in [-0.3, -0.25) is 9.78 Å². The fraction of sp³-hybridized carbons (Fsp3) is 0.581. The second-order valence-electron chi connectivity index (χ2n) is 12.2. The molecule has 1 aliphatic carbocycles. The first-order valence-corrected chi connectivity index (χ1v) is 14.9. The molecule has 43 heavy (non-hydrogen) atoms. The van der Waals surface area contributed by atoms with Crippen molar-refractivity contribution >= 4 is 11.9 Å². The molecule has 5 unspecified atom stereocenters. The molecule has 3 aliphatic heterocycles. The number of ether oxygens (including phenoxy) is 2. The lowest BCUT2D eigenvalue weighted by molar-refractivity contribution is -0.143. The van der Waals surface area contributed by atoms with Gasteiger partial charge in [0.25, 0.3) is 0 Å². The molecular weight excluding hydrogens is 563 g/mol. The highest BCUT2D eigenvalue weighted by molar-refractivity contribution is 5.86. The van der Waals surface area contributed by atoms with E-state index in [4.69, 9.17) is 9.47 Å². The summed E-state index contributed by atoms with van der Waals surface area (Å²) < 4.78 is 51.5. The second-order valence-corrected chi connectivity index (χ2v) is 12.2. The summed E-state index contributed by atoms with van der Waals surface area (Å²) >= 11 is 0. The van der Waals surface area contributed by atoms with Crippen LogP contribution in [0.2, 0.25) is 0 Å². The average Bonchev–Trinajstić information content (AvgIpc) is 3.54. The number of halogens is 3. The molecule has 2 saturated heterocycles. The number of carbonyl (C=O) groups is 2. The number of benzene rings is 1. The van der Waals surface area contributed by atoms with E-state index in [0.29, 0.717) is 63.4 Å². The van der Waals surface area contributed by atoms with E-state index in [1.807, 2.05) is 30.3 Å². The maximum atomic E-state index is 14.5. The van der Waals surface area contributed by atoms with E-state index < -0.39 is 17.2 Å². The zero-order valence-electron chi connectivity index (χ0n) is 24.2. The summed E-state index contributed by atoms with van der Waals surface area (Å²) in [5.41, 5.74) is 0.356. The summed E-state index contributed by atoms with van der Waals surface area (Å²) in [5, 5.41) is 6.72. The van der Waals surface area contributed by atoms with Gasteiger partial charge in [-0.05, 0) is 42.4 Å². The number of rotatable bonds is 6. The molecule has 12 heteroatoms. The second kappa shape index (κ2) is 12.0. The lowest BCUT2D eigenvalue weighted by atomic mass is 9.78. The number of urea groups is 1. The largest absolute Gasteiger partial charge is 0.417 e. The molecule has 2 N–H and O–H groups in total. The number of carbonyl (C=O) groups excluding carboxylic acids is 2. The molecule has 4 heterocycles. The van der Waals surface area contributed by atoms with Crippen molar-refractivity contribution in [1.29, 1.82) is 0 Å². The number of nitrogens with zero attached hydrogens (tertiary/aromatic N) is 3. The molecule has 1 aromatic heterocycles. The van der Waals surface area contributed by atoms with Gasteiger partial charge in [0.1, 0.15) is 0 Å². The van der Waals surface area contributed by atoms with Crippen molar-refractivity contribution in [2.75, 3.05) is 40.0 Å². The Labute approximate surface area is 249 Å². The topological polar surface area (TPSA) is 96.0 Å². The van der Waals surface area contributed by atoms with E-state index in [-0.39, 0.29) is 49.1 Å². The molecule has 2 aromatic rings. The van der Waals surface area contributed by atoms with Crippen LogP contribution in [0.1, 0.15) is 41.6 Å². The van der Waals surface area contributed by atoms with Crippen molar-refractivity contribution in [2.24, 2.45) is 11.3 Å². The molecule has 6 rings (SSSR count). The van der Waals surface area contributed by atoms with Crippen LogP contribution >= 0.6 is 0 Å². The summed E-state index contributed by atoms with van der Waals surface area (Å²) in [7, 11) is 1.67. The van der Waals surface area contributed by atoms with Crippen LogP contribution in [0, 0.1) is 11.3 Å². The van der Waals surface area contributed by atoms with Gasteiger partial charge >= 0.3 is 12.2 Å². The van der Waals surface area contributed by atoms with E-state index in [0.717, 1.165) is 24.2 Å². The highest BCUT2D eigenvalue weighted by Crippen LogP contribution is 2.51. The van der Waals surface area contributed by atoms with E-state index in [1.54, 1.807) is 16.9 Å². The SMILES string of the molecule is COC1COCCC1NC1CC2CN(C(=O)NCc3ccccc3)CC2(C(=O)N2CCc3ncc(C(F)(F)F)cc3C2)C1. The highest BCUT2D eigenvalue weighted by Gasteiger charge is 2.60. The third-order valence-corrected chi connectivity index (χ3v) is 9.59. The molecule has 232 valence electrons. The summed E-state index contributed by atoms with van der Waals surface area (Å²) in [6, 6.07) is 10.7. The summed E-state index contributed by atoms with van der Waals surface area (Å²) in [6.07, 6.45) is -1.29. The van der Waals surface area contributed by atoms with Crippen LogP contribution in [-0.2, 0) is 40.0 Å². The van der Waals surface area contributed by atoms with Crippen LogP contribution in [0.15, 0.2) is 42.6 Å². The van der Waals surface area contributed by atoms with Gasteiger partial charge in [0.15, 0.2) is 0 Å². The number of aromatic nitrogens is 1. The van der Waals surface area contributed by atoms with Crippen LogP contribution in [0.3, 0.4) is 0 Å². The van der Waals surface area contributed by atoms with Crippen LogP contribution in [-0.4, -0.2) is 84.9 Å². The Morgan fingerprint density at radius 3 is 2.79 bits per heavy atom. The Hall–Kier alpha value is -3.22. The van der Waals surface area contributed by atoms with Crippen molar-refractivity contribution in [3.8, 4) is 0 Å². The van der Waals surface area contributed by atoms with Gasteiger partial charge < -0.3 is 29.9 Å². The summed E-state index contributed by atoms with van der Waals surface area (Å²) in [5.74, 6) is -0.180. The fourth-order valence-corrected chi connectivity index (χ4v) is 7.38. The maximum absolute atomic E-state index is 14.5. The van der Waals surface area contributed by atoms with E-state index in [2.05, 4.69) is 15.6 Å². The van der Waals surface area contributed by atoms with Gasteiger partial charge in [-0.1, -0.05) is 30.3 Å². The number of pyridine rings is 1. The predicted octanol–water partition coefficient (Wildman–Crippen LogP) is 3.37. The number of nitrogens with one attached hydrogen (secondary N) is 2. The van der Waals surface area contributed by atoms with E-state index >= 15 is 0 Å². The minimum absolute atomic E-state index is 0.0415. The minimum Gasteiger partial charge on any atom is -0.379 e. The monoisotopic (exact) mass is 601 g/mol. The van der Waals surface area contributed by atoms with Gasteiger partial charge in [-0.2, -0.15) is 13.2 Å². The zero-order valence-corrected chi connectivity index (χ0v) is 24.2. The number of hydrogen-bond acceptors (Lipinski definition) is 6. The first kappa shape index (κ1) is 29.8. The van der Waals surface area contributed by atoms with Gasteiger partial charge in [0.05, 0.1) is 23.7 Å². The van der Waals surface area contributed by atoms with Crippen molar-refractivity contribution < 1.29 is 32.2 Å². The van der Waals surface area contributed by atoms with E-state index in [9.17, 15) is 22.8 Å². The molecule has 1 saturated carbocycles. The number of alkyl halides is 3. The molecule has 0 radical (unpaired) electrons. The Balaban J connectivity index is 1.21. The predicted molar refractivity (Wildman–Crippen MR) is 151 cm³/mol. The van der Waals surface area contributed by atoms with Crippen LogP contribution in [0.5, 0.6) is 0 Å². The smallest absolute Gasteiger partial charge is 0.379 e. The van der Waals surface area contributed by atoms with Crippen LogP contribution in [0.4, 0.5) is 18.0 Å². The van der Waals surface area contributed by atoms with Gasteiger partial charge in [0.2, 0.25) is 5.91 Å². The standard InChI is InChI=1S/C31H38F3N5O4/c1-42-27-18-43-10-8-26(27)37-24-12-23-17-39(29(41)36-14-20-5-3-2-4-6-20)19-30(23,13-24)28(40)38-9-7-25-21(16-38)11-22(15-35-25)31(32,33)34/h2-6,11,15,23-24,26-27,37H,7-10,12-14,16-19H2,1H3,(H,36,41). The third kappa shape index (κ3) is 6.09.